The zero-order chi connectivity index (χ0) is 11.6. The van der Waals surface area contributed by atoms with Crippen molar-refractivity contribution in [2.75, 3.05) is 58.3 Å². The molecule has 1 fully saturated rings. The van der Waals surface area contributed by atoms with Gasteiger partial charge in [-0.2, -0.15) is 0 Å². The van der Waals surface area contributed by atoms with Gasteiger partial charge in [-0.1, -0.05) is 15.9 Å². The quantitative estimate of drug-likeness (QED) is 0.526. The number of alkyl halides is 1. The summed E-state index contributed by atoms with van der Waals surface area (Å²) in [6, 6.07) is 0. The van der Waals surface area contributed by atoms with Crippen LogP contribution in [0.4, 0.5) is 0 Å². The first-order chi connectivity index (χ1) is 7.86. The average Bonchev–Trinajstić information content (AvgIpc) is 2.51. The molecule has 16 heavy (non-hydrogen) atoms. The van der Waals surface area contributed by atoms with Crippen molar-refractivity contribution < 1.29 is 4.74 Å². The van der Waals surface area contributed by atoms with E-state index in [4.69, 9.17) is 4.74 Å². The summed E-state index contributed by atoms with van der Waals surface area (Å²) in [4.78, 5) is 5.16. The molecule has 0 N–H and O–H groups in total. The molecule has 1 heterocycles. The van der Waals surface area contributed by atoms with Crippen LogP contribution in [0.1, 0.15) is 19.3 Å². The lowest BCUT2D eigenvalue weighted by Crippen LogP contribution is -2.32. The van der Waals surface area contributed by atoms with Crippen molar-refractivity contribution in [3.63, 3.8) is 0 Å². The van der Waals surface area contributed by atoms with Crippen LogP contribution in [0, 0.1) is 0 Å². The van der Waals surface area contributed by atoms with Crippen molar-refractivity contribution in [3.8, 4) is 0 Å². The smallest absolute Gasteiger partial charge is 0.0462 e. The minimum Gasteiger partial charge on any atom is -0.385 e. The predicted molar refractivity (Wildman–Crippen MR) is 72.4 cm³/mol. The molecule has 0 aromatic carbocycles. The fourth-order valence-corrected chi connectivity index (χ4v) is 2.67. The second kappa shape index (κ2) is 9.40. The highest BCUT2D eigenvalue weighted by molar-refractivity contribution is 9.09. The number of methoxy groups -OCH3 is 1. The topological polar surface area (TPSA) is 15.7 Å². The SMILES string of the molecule is COCCCCN1CCCN(CCBr)CC1. The maximum Gasteiger partial charge on any atom is 0.0462 e. The molecule has 0 radical (unpaired) electrons. The molecule has 1 rings (SSSR count). The normalized spacial score (nSPS) is 19.9. The van der Waals surface area contributed by atoms with Crippen molar-refractivity contribution in [3.05, 3.63) is 0 Å². The van der Waals surface area contributed by atoms with Gasteiger partial charge in [-0.15, -0.1) is 0 Å². The van der Waals surface area contributed by atoms with Gasteiger partial charge in [-0.3, -0.25) is 0 Å². The monoisotopic (exact) mass is 292 g/mol. The summed E-state index contributed by atoms with van der Waals surface area (Å²) in [5, 5.41) is 1.10. The van der Waals surface area contributed by atoms with E-state index in [-0.39, 0.29) is 0 Å². The molecule has 0 aliphatic carbocycles. The minimum absolute atomic E-state index is 0.906. The van der Waals surface area contributed by atoms with E-state index >= 15 is 0 Å². The number of unbranched alkanes of at least 4 members (excludes halogenated alkanes) is 1. The van der Waals surface area contributed by atoms with Gasteiger partial charge in [0, 0.05) is 38.7 Å². The standard InChI is InChI=1S/C12H25BrN2O/c1-16-12-3-2-6-14-7-4-8-15(9-5-13)11-10-14/h2-12H2,1H3. The zero-order valence-corrected chi connectivity index (χ0v) is 12.0. The predicted octanol–water partition coefficient (Wildman–Crippen LogP) is 1.82. The van der Waals surface area contributed by atoms with Gasteiger partial charge >= 0.3 is 0 Å². The highest BCUT2D eigenvalue weighted by Crippen LogP contribution is 2.05. The van der Waals surface area contributed by atoms with Gasteiger partial charge in [0.15, 0.2) is 0 Å². The van der Waals surface area contributed by atoms with E-state index < -0.39 is 0 Å². The van der Waals surface area contributed by atoms with Gasteiger partial charge in [0.1, 0.15) is 0 Å². The molecule has 1 aliphatic heterocycles. The third kappa shape index (κ3) is 6.18. The summed E-state index contributed by atoms with van der Waals surface area (Å²) in [7, 11) is 1.78. The lowest BCUT2D eigenvalue weighted by Gasteiger charge is -2.21. The van der Waals surface area contributed by atoms with Crippen LogP contribution in [0.25, 0.3) is 0 Å². The van der Waals surface area contributed by atoms with Crippen LogP contribution < -0.4 is 0 Å². The number of rotatable bonds is 7. The van der Waals surface area contributed by atoms with E-state index in [1.807, 2.05) is 0 Å². The van der Waals surface area contributed by atoms with E-state index in [9.17, 15) is 0 Å². The maximum absolute atomic E-state index is 5.07. The van der Waals surface area contributed by atoms with E-state index in [1.54, 1.807) is 7.11 Å². The number of ether oxygens (including phenoxy) is 1. The molecule has 0 saturated carbocycles. The summed E-state index contributed by atoms with van der Waals surface area (Å²) in [5.41, 5.74) is 0. The van der Waals surface area contributed by atoms with Crippen LogP contribution in [0.3, 0.4) is 0 Å². The highest BCUT2D eigenvalue weighted by atomic mass is 79.9. The van der Waals surface area contributed by atoms with Gasteiger partial charge in [0.2, 0.25) is 0 Å². The highest BCUT2D eigenvalue weighted by Gasteiger charge is 2.13. The van der Waals surface area contributed by atoms with Gasteiger partial charge in [-0.25, -0.2) is 0 Å². The molecule has 3 nitrogen and oxygen atoms in total. The summed E-state index contributed by atoms with van der Waals surface area (Å²) >= 11 is 3.52. The van der Waals surface area contributed by atoms with Crippen LogP contribution in [0.5, 0.6) is 0 Å². The van der Waals surface area contributed by atoms with Crippen LogP contribution in [0.15, 0.2) is 0 Å². The summed E-state index contributed by atoms with van der Waals surface area (Å²) in [6.45, 7) is 8.34. The Morgan fingerprint density at radius 3 is 2.31 bits per heavy atom. The first-order valence-electron chi connectivity index (χ1n) is 6.36. The zero-order valence-electron chi connectivity index (χ0n) is 10.5. The molecular formula is C12H25BrN2O. The Morgan fingerprint density at radius 2 is 1.69 bits per heavy atom. The minimum atomic E-state index is 0.906. The molecule has 0 amide bonds. The molecule has 4 heteroatoms. The number of hydrogen-bond donors (Lipinski definition) is 0. The Balaban J connectivity index is 2.10. The van der Waals surface area contributed by atoms with Crippen LogP contribution >= 0.6 is 15.9 Å². The molecule has 0 aromatic rings. The summed E-state index contributed by atoms with van der Waals surface area (Å²) in [5.74, 6) is 0. The Morgan fingerprint density at radius 1 is 1.00 bits per heavy atom. The number of hydrogen-bond acceptors (Lipinski definition) is 3. The lowest BCUT2D eigenvalue weighted by atomic mass is 10.3. The van der Waals surface area contributed by atoms with Crippen LogP contribution in [-0.2, 0) is 4.74 Å². The Hall–Kier alpha value is 0.360. The van der Waals surface area contributed by atoms with Crippen molar-refractivity contribution in [1.82, 2.24) is 9.80 Å². The largest absolute Gasteiger partial charge is 0.385 e. The molecule has 1 aliphatic rings. The second-order valence-corrected chi connectivity index (χ2v) is 5.22. The van der Waals surface area contributed by atoms with Crippen molar-refractivity contribution in [2.45, 2.75) is 19.3 Å². The van der Waals surface area contributed by atoms with Gasteiger partial charge < -0.3 is 14.5 Å². The van der Waals surface area contributed by atoms with E-state index in [0.717, 1.165) is 11.9 Å². The molecule has 0 spiro atoms. The summed E-state index contributed by atoms with van der Waals surface area (Å²) in [6.07, 6.45) is 3.78. The summed E-state index contributed by atoms with van der Waals surface area (Å²) < 4.78 is 5.07. The van der Waals surface area contributed by atoms with E-state index in [1.165, 1.54) is 58.5 Å². The number of nitrogens with zero attached hydrogens (tertiary/aromatic N) is 2. The van der Waals surface area contributed by atoms with E-state index in [0.29, 0.717) is 0 Å². The first kappa shape index (κ1) is 14.4. The Labute approximate surface area is 108 Å². The van der Waals surface area contributed by atoms with E-state index in [2.05, 4.69) is 25.7 Å². The molecule has 0 atom stereocenters. The Kier molecular flexibility index (Phi) is 8.47. The van der Waals surface area contributed by atoms with Gasteiger partial charge in [0.25, 0.3) is 0 Å². The fraction of sp³-hybridized carbons (Fsp3) is 1.00. The number of halogens is 1. The first-order valence-corrected chi connectivity index (χ1v) is 7.48. The third-order valence-corrected chi connectivity index (χ3v) is 3.51. The molecule has 96 valence electrons. The van der Waals surface area contributed by atoms with Crippen molar-refractivity contribution in [2.24, 2.45) is 0 Å². The van der Waals surface area contributed by atoms with Crippen LogP contribution in [0.2, 0.25) is 0 Å². The fourth-order valence-electron chi connectivity index (χ4n) is 2.17. The third-order valence-electron chi connectivity index (χ3n) is 3.15. The Bertz CT molecular complexity index is 169. The molecular weight excluding hydrogens is 268 g/mol. The van der Waals surface area contributed by atoms with Gasteiger partial charge in [-0.05, 0) is 38.9 Å². The van der Waals surface area contributed by atoms with Crippen molar-refractivity contribution >= 4 is 15.9 Å². The maximum atomic E-state index is 5.07. The lowest BCUT2D eigenvalue weighted by molar-refractivity contribution is 0.184. The van der Waals surface area contributed by atoms with Gasteiger partial charge in [0.05, 0.1) is 0 Å². The second-order valence-electron chi connectivity index (χ2n) is 4.43. The van der Waals surface area contributed by atoms with Crippen molar-refractivity contribution in [1.29, 1.82) is 0 Å². The molecule has 1 saturated heterocycles. The van der Waals surface area contributed by atoms with Crippen LogP contribution in [-0.4, -0.2) is 68.1 Å². The molecule has 0 unspecified atom stereocenters. The molecule has 0 aromatic heterocycles. The average molecular weight is 293 g/mol. The molecule has 0 bridgehead atoms.